The molecule has 7 heteroatoms. The first-order valence-electron chi connectivity index (χ1n) is 8.17. The molecule has 2 N–H and O–H groups in total. The lowest BCUT2D eigenvalue weighted by atomic mass is 10.1. The number of hydrogen-bond acceptors (Lipinski definition) is 4. The van der Waals surface area contributed by atoms with Gasteiger partial charge in [-0.15, -0.1) is 35.3 Å². The van der Waals surface area contributed by atoms with E-state index in [0.717, 1.165) is 31.1 Å². The highest BCUT2D eigenvalue weighted by Crippen LogP contribution is 2.16. The van der Waals surface area contributed by atoms with Crippen molar-refractivity contribution in [2.45, 2.75) is 33.2 Å². The molecule has 1 aromatic heterocycles. The number of aromatic nitrogens is 1. The quantitative estimate of drug-likeness (QED) is 0.366. The molecular formula is C18H27IN4OS. The maximum Gasteiger partial charge on any atom is 0.191 e. The van der Waals surface area contributed by atoms with Gasteiger partial charge in [0.2, 0.25) is 0 Å². The second-order valence-electron chi connectivity index (χ2n) is 5.53. The molecule has 0 fully saturated rings. The summed E-state index contributed by atoms with van der Waals surface area (Å²) < 4.78 is 5.31. The van der Waals surface area contributed by atoms with Gasteiger partial charge in [0, 0.05) is 37.6 Å². The van der Waals surface area contributed by atoms with Crippen LogP contribution < -0.4 is 15.4 Å². The van der Waals surface area contributed by atoms with Gasteiger partial charge in [-0.1, -0.05) is 13.0 Å². The topological polar surface area (TPSA) is 58.5 Å². The Bertz CT molecular complexity index is 687. The number of hydrogen-bond donors (Lipinski definition) is 2. The number of ether oxygens (including phenoxy) is 1. The second kappa shape index (κ2) is 11.3. The van der Waals surface area contributed by atoms with E-state index in [2.05, 4.69) is 40.5 Å². The number of benzene rings is 1. The summed E-state index contributed by atoms with van der Waals surface area (Å²) in [4.78, 5) is 10.0. The van der Waals surface area contributed by atoms with Gasteiger partial charge < -0.3 is 15.4 Å². The molecule has 2 rings (SSSR count). The average molecular weight is 474 g/mol. The first-order valence-corrected chi connectivity index (χ1v) is 8.99. The Morgan fingerprint density at radius 2 is 2.08 bits per heavy atom. The van der Waals surface area contributed by atoms with Crippen LogP contribution in [0.25, 0.3) is 0 Å². The van der Waals surface area contributed by atoms with Gasteiger partial charge in [0.25, 0.3) is 0 Å². The van der Waals surface area contributed by atoms with Crippen LogP contribution in [0, 0.1) is 6.92 Å². The lowest BCUT2D eigenvalue weighted by molar-refractivity contribution is 0.414. The Morgan fingerprint density at radius 1 is 1.28 bits per heavy atom. The van der Waals surface area contributed by atoms with Crippen LogP contribution in [0.15, 0.2) is 29.4 Å². The predicted molar refractivity (Wildman–Crippen MR) is 117 cm³/mol. The third kappa shape index (κ3) is 7.19. The number of nitrogens with one attached hydrogen (secondary N) is 2. The molecule has 0 unspecified atom stereocenters. The van der Waals surface area contributed by atoms with Crippen molar-refractivity contribution < 1.29 is 4.74 Å². The zero-order chi connectivity index (χ0) is 17.4. The summed E-state index contributed by atoms with van der Waals surface area (Å²) >= 11 is 1.78. The van der Waals surface area contributed by atoms with Crippen molar-refractivity contribution in [3.8, 4) is 5.75 Å². The van der Waals surface area contributed by atoms with Crippen molar-refractivity contribution in [1.82, 2.24) is 15.6 Å². The first kappa shape index (κ1) is 21.7. The van der Waals surface area contributed by atoms with Crippen molar-refractivity contribution >= 4 is 41.3 Å². The smallest absolute Gasteiger partial charge is 0.191 e. The largest absolute Gasteiger partial charge is 0.497 e. The Kier molecular flexibility index (Phi) is 9.81. The fourth-order valence-electron chi connectivity index (χ4n) is 2.37. The number of rotatable bonds is 7. The number of nitrogens with zero attached hydrogens (tertiary/aromatic N) is 2. The molecule has 0 aliphatic carbocycles. The third-order valence-electron chi connectivity index (χ3n) is 3.61. The molecule has 0 saturated carbocycles. The zero-order valence-electron chi connectivity index (χ0n) is 15.3. The van der Waals surface area contributed by atoms with Crippen LogP contribution in [0.2, 0.25) is 0 Å². The molecule has 0 radical (unpaired) electrons. The minimum Gasteiger partial charge on any atom is -0.497 e. The maximum absolute atomic E-state index is 5.31. The van der Waals surface area contributed by atoms with E-state index in [4.69, 9.17) is 4.74 Å². The zero-order valence-corrected chi connectivity index (χ0v) is 18.4. The molecule has 1 heterocycles. The van der Waals surface area contributed by atoms with Crippen molar-refractivity contribution in [1.29, 1.82) is 0 Å². The van der Waals surface area contributed by atoms with Crippen LogP contribution in [0.3, 0.4) is 0 Å². The highest BCUT2D eigenvalue weighted by atomic mass is 127. The molecule has 25 heavy (non-hydrogen) atoms. The predicted octanol–water partition coefficient (Wildman–Crippen LogP) is 3.55. The third-order valence-corrected chi connectivity index (χ3v) is 4.81. The highest BCUT2D eigenvalue weighted by Gasteiger charge is 2.03. The number of thiazole rings is 1. The lowest BCUT2D eigenvalue weighted by Gasteiger charge is -2.12. The summed E-state index contributed by atoms with van der Waals surface area (Å²) in [5.74, 6) is 1.67. The first-order chi connectivity index (χ1) is 11.6. The fraction of sp³-hybridized carbons (Fsp3) is 0.444. The normalized spacial score (nSPS) is 11.0. The number of aliphatic imine (C=N–C) groups is 1. The molecule has 0 atom stereocenters. The Hall–Kier alpha value is -1.35. The summed E-state index contributed by atoms with van der Waals surface area (Å²) in [5.41, 5.74) is 2.35. The molecule has 2 aromatic rings. The van der Waals surface area contributed by atoms with Crippen molar-refractivity contribution in [2.24, 2.45) is 4.99 Å². The van der Waals surface area contributed by atoms with Crippen molar-refractivity contribution in [2.75, 3.05) is 20.7 Å². The van der Waals surface area contributed by atoms with Gasteiger partial charge >= 0.3 is 0 Å². The number of halogens is 1. The molecule has 0 spiro atoms. The van der Waals surface area contributed by atoms with Crippen LogP contribution in [-0.2, 0) is 19.4 Å². The van der Waals surface area contributed by atoms with Gasteiger partial charge in [0.1, 0.15) is 5.75 Å². The minimum absolute atomic E-state index is 0. The molecule has 0 aliphatic heterocycles. The Labute approximate surface area is 171 Å². The van der Waals surface area contributed by atoms with Crippen LogP contribution in [0.4, 0.5) is 0 Å². The minimum atomic E-state index is 0. The summed E-state index contributed by atoms with van der Waals surface area (Å²) in [7, 11) is 3.47. The number of methoxy groups -OCH3 is 1. The van der Waals surface area contributed by atoms with E-state index in [1.807, 2.05) is 18.3 Å². The van der Waals surface area contributed by atoms with Crippen molar-refractivity contribution in [3.05, 3.63) is 45.4 Å². The standard InChI is InChI=1S/C18H26N4OS.HI/c1-5-16-12-21-17(24-16)6-7-20-18(19-3)22-11-14-8-13(2)9-15(10-14)23-4;/h8-10,12H,5-7,11H2,1-4H3,(H2,19,20,22);1H. The molecule has 138 valence electrons. The summed E-state index contributed by atoms with van der Waals surface area (Å²) in [5, 5.41) is 7.83. The van der Waals surface area contributed by atoms with Gasteiger partial charge in [-0.2, -0.15) is 0 Å². The highest BCUT2D eigenvalue weighted by molar-refractivity contribution is 14.0. The van der Waals surface area contributed by atoms with Crippen LogP contribution in [-0.4, -0.2) is 31.6 Å². The molecule has 5 nitrogen and oxygen atoms in total. The molecule has 0 saturated heterocycles. The molecule has 0 bridgehead atoms. The molecule has 0 aliphatic rings. The van der Waals surface area contributed by atoms with Crippen LogP contribution in [0.1, 0.15) is 27.9 Å². The maximum atomic E-state index is 5.31. The van der Waals surface area contributed by atoms with E-state index in [0.29, 0.717) is 6.54 Å². The van der Waals surface area contributed by atoms with E-state index >= 15 is 0 Å². The SMILES string of the molecule is CCc1cnc(CCNC(=NC)NCc2cc(C)cc(OC)c2)s1.I. The number of guanidine groups is 1. The van der Waals surface area contributed by atoms with E-state index in [1.54, 1.807) is 25.5 Å². The summed E-state index contributed by atoms with van der Waals surface area (Å²) in [6.45, 7) is 5.74. The Balaban J connectivity index is 0.00000312. The van der Waals surface area contributed by atoms with Gasteiger partial charge in [-0.3, -0.25) is 4.99 Å². The van der Waals surface area contributed by atoms with Gasteiger partial charge in [0.15, 0.2) is 5.96 Å². The molecular weight excluding hydrogens is 447 g/mol. The van der Waals surface area contributed by atoms with E-state index < -0.39 is 0 Å². The van der Waals surface area contributed by atoms with Gasteiger partial charge in [0.05, 0.1) is 12.1 Å². The number of aryl methyl sites for hydroxylation is 2. The fourth-order valence-corrected chi connectivity index (χ4v) is 3.23. The van der Waals surface area contributed by atoms with Crippen molar-refractivity contribution in [3.63, 3.8) is 0 Å². The second-order valence-corrected chi connectivity index (χ2v) is 6.73. The Morgan fingerprint density at radius 3 is 2.72 bits per heavy atom. The summed E-state index contributed by atoms with van der Waals surface area (Å²) in [6.07, 6.45) is 3.93. The monoisotopic (exact) mass is 474 g/mol. The van der Waals surface area contributed by atoms with Crippen LogP contribution in [0.5, 0.6) is 5.75 Å². The van der Waals surface area contributed by atoms with Gasteiger partial charge in [-0.25, -0.2) is 4.98 Å². The van der Waals surface area contributed by atoms with Gasteiger partial charge in [-0.05, 0) is 36.6 Å². The summed E-state index contributed by atoms with van der Waals surface area (Å²) in [6, 6.07) is 6.20. The van der Waals surface area contributed by atoms with E-state index in [-0.39, 0.29) is 24.0 Å². The van der Waals surface area contributed by atoms with E-state index in [1.165, 1.54) is 21.0 Å². The van der Waals surface area contributed by atoms with E-state index in [9.17, 15) is 0 Å². The molecule has 1 aromatic carbocycles. The lowest BCUT2D eigenvalue weighted by Crippen LogP contribution is -2.37. The molecule has 0 amide bonds. The average Bonchev–Trinajstić information content (AvgIpc) is 3.05. The van der Waals surface area contributed by atoms with Crippen LogP contribution >= 0.6 is 35.3 Å².